The molecule has 0 unspecified atom stereocenters. The number of nitrogens with zero attached hydrogens (tertiary/aromatic N) is 2. The van der Waals surface area contributed by atoms with Crippen molar-refractivity contribution in [1.29, 1.82) is 0 Å². The number of ether oxygens (including phenoxy) is 1. The number of aryl methyl sites for hydroxylation is 1. The summed E-state index contributed by atoms with van der Waals surface area (Å²) in [6.07, 6.45) is 6.69. The third-order valence-electron chi connectivity index (χ3n) is 4.03. The minimum absolute atomic E-state index is 0.352. The second-order valence-electron chi connectivity index (χ2n) is 5.96. The average molecular weight is 390 g/mol. The Morgan fingerprint density at radius 1 is 1.04 bits per heavy atom. The zero-order valence-corrected chi connectivity index (χ0v) is 15.9. The lowest BCUT2D eigenvalue weighted by atomic mass is 10.2. The Balaban J connectivity index is 1.40. The molecule has 136 valence electrons. The second kappa shape index (κ2) is 9.62. The third kappa shape index (κ3) is 5.49. The Hall–Kier alpha value is -2.01. The highest BCUT2D eigenvalue weighted by Crippen LogP contribution is 2.25. The van der Waals surface area contributed by atoms with Gasteiger partial charge >= 0.3 is 0 Å². The third-order valence-corrected chi connectivity index (χ3v) is 4.73. The van der Waals surface area contributed by atoms with Crippen molar-refractivity contribution in [1.82, 2.24) is 14.9 Å². The van der Waals surface area contributed by atoms with E-state index >= 15 is 0 Å². The molecule has 1 heterocycles. The van der Waals surface area contributed by atoms with E-state index in [1.807, 2.05) is 42.9 Å². The van der Waals surface area contributed by atoms with Gasteiger partial charge in [-0.1, -0.05) is 41.4 Å². The molecule has 0 saturated carbocycles. The SMILES string of the molecule is Clc1cccc(Cl)c1COc1ccc(CNCCCn2ccnc2)cc1. The number of rotatable bonds is 9. The van der Waals surface area contributed by atoms with Crippen molar-refractivity contribution in [3.05, 3.63) is 82.4 Å². The molecule has 3 rings (SSSR count). The lowest BCUT2D eigenvalue weighted by Gasteiger charge is -2.10. The number of benzene rings is 2. The van der Waals surface area contributed by atoms with Crippen LogP contribution in [-0.2, 0) is 19.7 Å². The van der Waals surface area contributed by atoms with Crippen LogP contribution in [0.25, 0.3) is 0 Å². The molecule has 0 spiro atoms. The minimum atomic E-state index is 0.352. The summed E-state index contributed by atoms with van der Waals surface area (Å²) in [6.45, 7) is 3.12. The normalized spacial score (nSPS) is 10.8. The van der Waals surface area contributed by atoms with Crippen molar-refractivity contribution in [2.45, 2.75) is 26.1 Å². The van der Waals surface area contributed by atoms with Gasteiger partial charge in [-0.25, -0.2) is 4.98 Å². The minimum Gasteiger partial charge on any atom is -0.489 e. The molecule has 6 heteroatoms. The Labute approximate surface area is 163 Å². The summed E-state index contributed by atoms with van der Waals surface area (Å²) in [5.41, 5.74) is 2.02. The first-order valence-corrected chi connectivity index (χ1v) is 9.29. The van der Waals surface area contributed by atoms with Crippen LogP contribution in [0, 0.1) is 0 Å². The number of nitrogens with one attached hydrogen (secondary N) is 1. The predicted molar refractivity (Wildman–Crippen MR) is 106 cm³/mol. The number of hydrogen-bond acceptors (Lipinski definition) is 3. The van der Waals surface area contributed by atoms with Crippen molar-refractivity contribution >= 4 is 23.2 Å². The first-order valence-electron chi connectivity index (χ1n) is 8.53. The number of imidazole rings is 1. The molecular formula is C20H21Cl2N3O. The van der Waals surface area contributed by atoms with E-state index in [0.29, 0.717) is 16.7 Å². The molecule has 1 N–H and O–H groups in total. The van der Waals surface area contributed by atoms with Crippen LogP contribution < -0.4 is 10.1 Å². The summed E-state index contributed by atoms with van der Waals surface area (Å²) in [6, 6.07) is 13.5. The van der Waals surface area contributed by atoms with Crippen LogP contribution in [0.2, 0.25) is 10.0 Å². The molecule has 26 heavy (non-hydrogen) atoms. The molecule has 0 radical (unpaired) electrons. The van der Waals surface area contributed by atoms with Crippen LogP contribution >= 0.6 is 23.2 Å². The summed E-state index contributed by atoms with van der Waals surface area (Å²) in [5, 5.41) is 4.69. The van der Waals surface area contributed by atoms with Crippen LogP contribution in [0.4, 0.5) is 0 Å². The van der Waals surface area contributed by atoms with E-state index in [2.05, 4.69) is 27.0 Å². The Bertz CT molecular complexity index is 784. The largest absolute Gasteiger partial charge is 0.489 e. The van der Waals surface area contributed by atoms with Gasteiger partial charge in [0.1, 0.15) is 12.4 Å². The lowest BCUT2D eigenvalue weighted by Crippen LogP contribution is -2.16. The fourth-order valence-electron chi connectivity index (χ4n) is 2.57. The summed E-state index contributed by atoms with van der Waals surface area (Å²) in [5.74, 6) is 0.796. The van der Waals surface area contributed by atoms with Crippen LogP contribution in [0.1, 0.15) is 17.5 Å². The standard InChI is InChI=1S/C20H21Cl2N3O/c21-19-3-1-4-20(22)18(19)14-26-17-7-5-16(6-8-17)13-23-9-2-11-25-12-10-24-15-25/h1,3-8,10,12,15,23H,2,9,11,13-14H2. The van der Waals surface area contributed by atoms with Crippen LogP contribution in [0.3, 0.4) is 0 Å². The first kappa shape index (κ1) is 18.8. The maximum atomic E-state index is 6.16. The Morgan fingerprint density at radius 2 is 1.81 bits per heavy atom. The van der Waals surface area contributed by atoms with E-state index < -0.39 is 0 Å². The molecule has 0 saturated heterocycles. The topological polar surface area (TPSA) is 39.1 Å². The van der Waals surface area contributed by atoms with Gasteiger partial charge in [-0.15, -0.1) is 0 Å². The average Bonchev–Trinajstić information content (AvgIpc) is 3.16. The molecule has 3 aromatic rings. The second-order valence-corrected chi connectivity index (χ2v) is 6.78. The van der Waals surface area contributed by atoms with Gasteiger partial charge in [0.15, 0.2) is 0 Å². The first-order chi connectivity index (χ1) is 12.7. The number of halogens is 2. The fraction of sp³-hybridized carbons (Fsp3) is 0.250. The van der Waals surface area contributed by atoms with Gasteiger partial charge in [0.05, 0.1) is 6.33 Å². The van der Waals surface area contributed by atoms with Crippen molar-refractivity contribution in [2.24, 2.45) is 0 Å². The van der Waals surface area contributed by atoms with Crippen molar-refractivity contribution in [3.8, 4) is 5.75 Å². The quantitative estimate of drug-likeness (QED) is 0.526. The molecule has 0 aliphatic carbocycles. The van der Waals surface area contributed by atoms with Crippen molar-refractivity contribution < 1.29 is 4.74 Å². The summed E-state index contributed by atoms with van der Waals surface area (Å²) in [7, 11) is 0. The molecule has 2 aromatic carbocycles. The number of hydrogen-bond donors (Lipinski definition) is 1. The van der Waals surface area contributed by atoms with Crippen LogP contribution in [0.5, 0.6) is 5.75 Å². The highest BCUT2D eigenvalue weighted by Gasteiger charge is 2.06. The molecule has 0 atom stereocenters. The molecule has 0 aliphatic heterocycles. The van der Waals surface area contributed by atoms with Gasteiger partial charge in [-0.05, 0) is 42.8 Å². The summed E-state index contributed by atoms with van der Waals surface area (Å²) < 4.78 is 7.88. The Kier molecular flexibility index (Phi) is 6.95. The predicted octanol–water partition coefficient (Wildman–Crippen LogP) is 4.95. The molecule has 4 nitrogen and oxygen atoms in total. The summed E-state index contributed by atoms with van der Waals surface area (Å²) in [4.78, 5) is 4.04. The van der Waals surface area contributed by atoms with Gasteiger partial charge in [0.25, 0.3) is 0 Å². The van der Waals surface area contributed by atoms with Gasteiger partial charge < -0.3 is 14.6 Å². The fourth-order valence-corrected chi connectivity index (χ4v) is 3.07. The monoisotopic (exact) mass is 389 g/mol. The summed E-state index contributed by atoms with van der Waals surface area (Å²) >= 11 is 12.3. The molecule has 0 fully saturated rings. The van der Waals surface area contributed by atoms with Gasteiger partial charge in [0.2, 0.25) is 0 Å². The van der Waals surface area contributed by atoms with Gasteiger partial charge in [-0.3, -0.25) is 0 Å². The molecule has 0 bridgehead atoms. The van der Waals surface area contributed by atoms with E-state index in [1.165, 1.54) is 5.56 Å². The van der Waals surface area contributed by atoms with Crippen molar-refractivity contribution in [2.75, 3.05) is 6.54 Å². The van der Waals surface area contributed by atoms with E-state index in [9.17, 15) is 0 Å². The molecule has 1 aromatic heterocycles. The van der Waals surface area contributed by atoms with Crippen LogP contribution in [-0.4, -0.2) is 16.1 Å². The number of aromatic nitrogens is 2. The zero-order valence-electron chi connectivity index (χ0n) is 14.4. The highest BCUT2D eigenvalue weighted by molar-refractivity contribution is 6.35. The van der Waals surface area contributed by atoms with E-state index in [-0.39, 0.29) is 0 Å². The highest BCUT2D eigenvalue weighted by atomic mass is 35.5. The molecule has 0 amide bonds. The van der Waals surface area contributed by atoms with Crippen molar-refractivity contribution in [3.63, 3.8) is 0 Å². The zero-order chi connectivity index (χ0) is 18.2. The van der Waals surface area contributed by atoms with E-state index in [1.54, 1.807) is 6.20 Å². The molecular weight excluding hydrogens is 369 g/mol. The lowest BCUT2D eigenvalue weighted by molar-refractivity contribution is 0.306. The van der Waals surface area contributed by atoms with E-state index in [4.69, 9.17) is 27.9 Å². The molecule has 0 aliphatic rings. The maximum Gasteiger partial charge on any atom is 0.119 e. The van der Waals surface area contributed by atoms with Crippen LogP contribution in [0.15, 0.2) is 61.2 Å². The smallest absolute Gasteiger partial charge is 0.119 e. The van der Waals surface area contributed by atoms with Gasteiger partial charge in [0, 0.05) is 41.1 Å². The Morgan fingerprint density at radius 3 is 2.50 bits per heavy atom. The van der Waals surface area contributed by atoms with E-state index in [0.717, 1.165) is 37.4 Å². The van der Waals surface area contributed by atoms with Gasteiger partial charge in [-0.2, -0.15) is 0 Å². The maximum absolute atomic E-state index is 6.16.